The van der Waals surface area contributed by atoms with Crippen LogP contribution in [0.4, 0.5) is 5.13 Å². The van der Waals surface area contributed by atoms with Crippen molar-refractivity contribution in [2.75, 3.05) is 33.1 Å². The Balaban J connectivity index is 1.61. The number of rotatable bonds is 8. The number of aromatic nitrogens is 1. The summed E-state index contributed by atoms with van der Waals surface area (Å²) in [6.07, 6.45) is 0. The Labute approximate surface area is 175 Å². The highest BCUT2D eigenvalue weighted by Crippen LogP contribution is 2.34. The van der Waals surface area contributed by atoms with Crippen molar-refractivity contribution in [2.24, 2.45) is 0 Å². The third kappa shape index (κ3) is 5.56. The first kappa shape index (κ1) is 20.8. The number of hydrogen-bond acceptors (Lipinski definition) is 6. The Hall–Kier alpha value is -2.90. The normalized spacial score (nSPS) is 10.8. The predicted octanol–water partition coefficient (Wildman–Crippen LogP) is 4.21. The summed E-state index contributed by atoms with van der Waals surface area (Å²) in [7, 11) is 5.15. The summed E-state index contributed by atoms with van der Waals surface area (Å²) in [5.41, 5.74) is 4.00. The van der Waals surface area contributed by atoms with Gasteiger partial charge in [0.2, 0.25) is 5.91 Å². The number of nitrogens with one attached hydrogen (secondary N) is 1. The SMILES string of the molecule is COc1ccc(-c2csc(NC(=O)CN(C)Cc3ccc(C)cc3)n2)c(OC)c1. The van der Waals surface area contributed by atoms with E-state index in [-0.39, 0.29) is 12.5 Å². The standard InChI is InChI=1S/C22H25N3O3S/c1-15-5-7-16(8-6-15)12-25(2)13-21(26)24-22-23-19(14-29-22)18-10-9-17(27-3)11-20(18)28-4/h5-11,14H,12-13H2,1-4H3,(H,23,24,26). The first-order chi connectivity index (χ1) is 14.0. The second-order valence-electron chi connectivity index (χ2n) is 6.81. The zero-order chi connectivity index (χ0) is 20.8. The fourth-order valence-corrected chi connectivity index (χ4v) is 3.66. The fourth-order valence-electron chi connectivity index (χ4n) is 2.93. The van der Waals surface area contributed by atoms with Crippen LogP contribution in [0.1, 0.15) is 11.1 Å². The number of methoxy groups -OCH3 is 2. The second-order valence-corrected chi connectivity index (χ2v) is 7.67. The Morgan fingerprint density at radius 1 is 1.14 bits per heavy atom. The van der Waals surface area contributed by atoms with E-state index in [0.717, 1.165) is 11.3 Å². The molecule has 0 bridgehead atoms. The topological polar surface area (TPSA) is 63.7 Å². The summed E-state index contributed by atoms with van der Waals surface area (Å²) < 4.78 is 10.7. The molecule has 3 rings (SSSR count). The molecular formula is C22H25N3O3S. The number of ether oxygens (including phenoxy) is 2. The van der Waals surface area contributed by atoms with Crippen molar-refractivity contribution >= 4 is 22.4 Å². The van der Waals surface area contributed by atoms with Crippen LogP contribution in [0.25, 0.3) is 11.3 Å². The number of thiazole rings is 1. The van der Waals surface area contributed by atoms with E-state index in [1.54, 1.807) is 14.2 Å². The smallest absolute Gasteiger partial charge is 0.240 e. The number of amides is 1. The van der Waals surface area contributed by atoms with Gasteiger partial charge in [0.25, 0.3) is 0 Å². The van der Waals surface area contributed by atoms with E-state index in [1.807, 2.05) is 35.5 Å². The van der Waals surface area contributed by atoms with Gasteiger partial charge in [-0.15, -0.1) is 11.3 Å². The van der Waals surface area contributed by atoms with Crippen LogP contribution in [0.3, 0.4) is 0 Å². The average Bonchev–Trinajstić information content (AvgIpc) is 3.17. The summed E-state index contributed by atoms with van der Waals surface area (Å²) >= 11 is 1.39. The summed E-state index contributed by atoms with van der Waals surface area (Å²) in [5.74, 6) is 1.29. The van der Waals surface area contributed by atoms with Crippen LogP contribution in [0.15, 0.2) is 47.8 Å². The van der Waals surface area contributed by atoms with Gasteiger partial charge in [-0.1, -0.05) is 29.8 Å². The van der Waals surface area contributed by atoms with Gasteiger partial charge in [-0.05, 0) is 31.7 Å². The Kier molecular flexibility index (Phi) is 6.85. The Morgan fingerprint density at radius 3 is 2.59 bits per heavy atom. The van der Waals surface area contributed by atoms with Crippen LogP contribution < -0.4 is 14.8 Å². The van der Waals surface area contributed by atoms with Crippen LogP contribution in [0.5, 0.6) is 11.5 Å². The molecular weight excluding hydrogens is 386 g/mol. The molecule has 0 atom stereocenters. The Morgan fingerprint density at radius 2 is 1.90 bits per heavy atom. The quantitative estimate of drug-likeness (QED) is 0.602. The van der Waals surface area contributed by atoms with Crippen LogP contribution in [0, 0.1) is 6.92 Å². The van der Waals surface area contributed by atoms with E-state index in [0.29, 0.717) is 23.2 Å². The van der Waals surface area contributed by atoms with Crippen molar-refractivity contribution in [1.29, 1.82) is 0 Å². The van der Waals surface area contributed by atoms with Gasteiger partial charge >= 0.3 is 0 Å². The zero-order valence-electron chi connectivity index (χ0n) is 17.1. The Bertz CT molecular complexity index is 970. The molecule has 1 amide bonds. The lowest BCUT2D eigenvalue weighted by Gasteiger charge is -2.16. The number of carbonyl (C=O) groups excluding carboxylic acids is 1. The van der Waals surface area contributed by atoms with Crippen molar-refractivity contribution in [2.45, 2.75) is 13.5 Å². The van der Waals surface area contributed by atoms with Crippen LogP contribution in [-0.2, 0) is 11.3 Å². The van der Waals surface area contributed by atoms with Crippen LogP contribution in [-0.4, -0.2) is 43.6 Å². The van der Waals surface area contributed by atoms with E-state index >= 15 is 0 Å². The molecule has 1 aromatic heterocycles. The van der Waals surface area contributed by atoms with E-state index in [4.69, 9.17) is 9.47 Å². The first-order valence-electron chi connectivity index (χ1n) is 9.20. The summed E-state index contributed by atoms with van der Waals surface area (Å²) in [6, 6.07) is 13.9. The number of anilines is 1. The molecule has 1 heterocycles. The van der Waals surface area contributed by atoms with Gasteiger partial charge in [-0.25, -0.2) is 4.98 Å². The monoisotopic (exact) mass is 411 g/mol. The van der Waals surface area contributed by atoms with Gasteiger partial charge in [-0.2, -0.15) is 0 Å². The van der Waals surface area contributed by atoms with Crippen molar-refractivity contribution in [3.8, 4) is 22.8 Å². The van der Waals surface area contributed by atoms with Crippen molar-refractivity contribution < 1.29 is 14.3 Å². The minimum atomic E-state index is -0.0952. The largest absolute Gasteiger partial charge is 0.497 e. The van der Waals surface area contributed by atoms with Gasteiger partial charge in [0.15, 0.2) is 5.13 Å². The summed E-state index contributed by atoms with van der Waals surface area (Å²) in [6.45, 7) is 3.05. The third-order valence-electron chi connectivity index (χ3n) is 4.42. The maximum Gasteiger partial charge on any atom is 0.240 e. The fraction of sp³-hybridized carbons (Fsp3) is 0.273. The molecule has 3 aromatic rings. The number of benzene rings is 2. The lowest BCUT2D eigenvalue weighted by atomic mass is 10.1. The number of likely N-dealkylation sites (N-methyl/N-ethyl adjacent to an activating group) is 1. The number of carbonyl (C=O) groups is 1. The molecule has 0 saturated heterocycles. The van der Waals surface area contributed by atoms with Gasteiger partial charge < -0.3 is 14.8 Å². The maximum absolute atomic E-state index is 12.4. The van der Waals surface area contributed by atoms with Crippen molar-refractivity contribution in [3.63, 3.8) is 0 Å². The first-order valence-corrected chi connectivity index (χ1v) is 10.1. The molecule has 29 heavy (non-hydrogen) atoms. The highest BCUT2D eigenvalue weighted by Gasteiger charge is 2.14. The highest BCUT2D eigenvalue weighted by atomic mass is 32.1. The minimum Gasteiger partial charge on any atom is -0.497 e. The predicted molar refractivity (Wildman–Crippen MR) is 117 cm³/mol. The number of nitrogens with zero attached hydrogens (tertiary/aromatic N) is 2. The molecule has 0 radical (unpaired) electrons. The van der Waals surface area contributed by atoms with Gasteiger partial charge in [0.1, 0.15) is 11.5 Å². The molecule has 6 nitrogen and oxygen atoms in total. The van der Waals surface area contributed by atoms with Gasteiger partial charge in [-0.3, -0.25) is 9.69 Å². The molecule has 0 fully saturated rings. The van der Waals surface area contributed by atoms with Gasteiger partial charge in [0.05, 0.1) is 26.5 Å². The third-order valence-corrected chi connectivity index (χ3v) is 5.18. The highest BCUT2D eigenvalue weighted by molar-refractivity contribution is 7.14. The number of hydrogen-bond donors (Lipinski definition) is 1. The van der Waals surface area contributed by atoms with Crippen LogP contribution >= 0.6 is 11.3 Å². The molecule has 0 aliphatic carbocycles. The van der Waals surface area contributed by atoms with E-state index in [9.17, 15) is 4.79 Å². The van der Waals surface area contributed by atoms with E-state index < -0.39 is 0 Å². The molecule has 7 heteroatoms. The zero-order valence-corrected chi connectivity index (χ0v) is 17.9. The molecule has 1 N–H and O–H groups in total. The molecule has 0 saturated carbocycles. The molecule has 0 spiro atoms. The molecule has 0 aliphatic heterocycles. The minimum absolute atomic E-state index is 0.0952. The van der Waals surface area contributed by atoms with E-state index in [1.165, 1.54) is 22.5 Å². The summed E-state index contributed by atoms with van der Waals surface area (Å²) in [5, 5.41) is 5.34. The summed E-state index contributed by atoms with van der Waals surface area (Å²) in [4.78, 5) is 18.9. The molecule has 152 valence electrons. The average molecular weight is 412 g/mol. The van der Waals surface area contributed by atoms with E-state index in [2.05, 4.69) is 41.5 Å². The molecule has 2 aromatic carbocycles. The lowest BCUT2D eigenvalue weighted by molar-refractivity contribution is -0.117. The number of aryl methyl sites for hydroxylation is 1. The second kappa shape index (κ2) is 9.54. The lowest BCUT2D eigenvalue weighted by Crippen LogP contribution is -2.29. The molecule has 0 aliphatic rings. The molecule has 0 unspecified atom stereocenters. The van der Waals surface area contributed by atoms with Gasteiger partial charge in [0, 0.05) is 23.6 Å². The maximum atomic E-state index is 12.4. The van der Waals surface area contributed by atoms with Crippen molar-refractivity contribution in [3.05, 3.63) is 59.0 Å². The van der Waals surface area contributed by atoms with Crippen LogP contribution in [0.2, 0.25) is 0 Å². The van der Waals surface area contributed by atoms with Crippen molar-refractivity contribution in [1.82, 2.24) is 9.88 Å².